The summed E-state index contributed by atoms with van der Waals surface area (Å²) in [5.41, 5.74) is 2.12. The number of benzene rings is 1. The van der Waals surface area contributed by atoms with Crippen LogP contribution < -0.4 is 11.2 Å². The molecule has 0 spiro atoms. The van der Waals surface area contributed by atoms with E-state index in [0.717, 1.165) is 35.3 Å². The molecule has 3 aromatic rings. The van der Waals surface area contributed by atoms with Gasteiger partial charge >= 0.3 is 11.8 Å². The van der Waals surface area contributed by atoms with E-state index in [9.17, 15) is 14.4 Å². The Labute approximate surface area is 190 Å². The third kappa shape index (κ3) is 3.88. The van der Waals surface area contributed by atoms with Gasteiger partial charge in [0.25, 0.3) is 5.56 Å². The van der Waals surface area contributed by atoms with E-state index in [2.05, 4.69) is 13.8 Å². The molecule has 1 aromatic carbocycles. The molecule has 0 N–H and O–H groups in total. The van der Waals surface area contributed by atoms with Crippen molar-refractivity contribution in [1.29, 1.82) is 0 Å². The van der Waals surface area contributed by atoms with Crippen LogP contribution in [0.15, 0.2) is 33.9 Å². The molecular formula is C24H29N3O4S. The van der Waals surface area contributed by atoms with Crippen molar-refractivity contribution in [1.82, 2.24) is 14.0 Å². The van der Waals surface area contributed by atoms with Gasteiger partial charge in [0.2, 0.25) is 0 Å². The summed E-state index contributed by atoms with van der Waals surface area (Å²) in [5.74, 6) is 0. The molecule has 3 heterocycles. The quantitative estimate of drug-likeness (QED) is 0.561. The standard InChI is InChI=1S/C24H29N3O4S/c1-4-7-13-26-22-20(18-12-14-25(15-19(18)32-22)24(30)31-6-3)21(28)27(23(26)29)17-10-8-16(5-2)9-11-17/h8-11H,4-7,12-15H2,1-3H3. The Morgan fingerprint density at radius 2 is 1.88 bits per heavy atom. The molecule has 4 rings (SSSR count). The van der Waals surface area contributed by atoms with Crippen LogP contribution >= 0.6 is 11.3 Å². The number of fused-ring (bicyclic) bond motifs is 3. The van der Waals surface area contributed by atoms with Crippen molar-refractivity contribution in [2.75, 3.05) is 13.2 Å². The van der Waals surface area contributed by atoms with Gasteiger partial charge in [-0.25, -0.2) is 14.2 Å². The number of nitrogens with zero attached hydrogens (tertiary/aromatic N) is 3. The highest BCUT2D eigenvalue weighted by Gasteiger charge is 2.28. The largest absolute Gasteiger partial charge is 0.450 e. The van der Waals surface area contributed by atoms with Crippen molar-refractivity contribution in [3.8, 4) is 5.69 Å². The first-order valence-electron chi connectivity index (χ1n) is 11.3. The first-order chi connectivity index (χ1) is 15.5. The summed E-state index contributed by atoms with van der Waals surface area (Å²) >= 11 is 1.45. The fraction of sp³-hybridized carbons (Fsp3) is 0.458. The maximum absolute atomic E-state index is 13.6. The second-order valence-corrected chi connectivity index (χ2v) is 9.09. The minimum absolute atomic E-state index is 0.274. The zero-order valence-corrected chi connectivity index (χ0v) is 19.7. The summed E-state index contributed by atoms with van der Waals surface area (Å²) < 4.78 is 8.21. The molecule has 0 radical (unpaired) electrons. The number of aryl methyl sites for hydroxylation is 2. The number of aromatic nitrogens is 2. The summed E-state index contributed by atoms with van der Waals surface area (Å²) in [5, 5.41) is 0.615. The Bertz CT molecular complexity index is 1250. The Morgan fingerprint density at radius 3 is 2.53 bits per heavy atom. The number of unbranched alkanes of at least 4 members (excludes halogenated alkanes) is 1. The maximum atomic E-state index is 13.6. The fourth-order valence-electron chi connectivity index (χ4n) is 4.20. The van der Waals surface area contributed by atoms with Crippen LogP contribution in [0.5, 0.6) is 0 Å². The third-order valence-electron chi connectivity index (χ3n) is 5.99. The van der Waals surface area contributed by atoms with Crippen LogP contribution in [-0.2, 0) is 30.7 Å². The summed E-state index contributed by atoms with van der Waals surface area (Å²) in [7, 11) is 0. The van der Waals surface area contributed by atoms with Crippen LogP contribution in [0, 0.1) is 0 Å². The second kappa shape index (κ2) is 9.32. The van der Waals surface area contributed by atoms with Crippen molar-refractivity contribution >= 4 is 27.6 Å². The molecule has 1 amide bonds. The number of hydrogen-bond acceptors (Lipinski definition) is 5. The molecular weight excluding hydrogens is 426 g/mol. The van der Waals surface area contributed by atoms with E-state index in [1.807, 2.05) is 24.3 Å². The normalized spacial score (nSPS) is 13.4. The van der Waals surface area contributed by atoms with E-state index < -0.39 is 0 Å². The average Bonchev–Trinajstić information content (AvgIpc) is 3.18. The second-order valence-electron chi connectivity index (χ2n) is 8.00. The number of carbonyl (C=O) groups excluding carboxylic acids is 1. The van der Waals surface area contributed by atoms with Crippen LogP contribution in [0.1, 0.15) is 49.6 Å². The highest BCUT2D eigenvalue weighted by molar-refractivity contribution is 7.18. The lowest BCUT2D eigenvalue weighted by atomic mass is 10.1. The molecule has 1 aliphatic heterocycles. The van der Waals surface area contributed by atoms with Gasteiger partial charge in [0.1, 0.15) is 4.83 Å². The molecule has 0 fully saturated rings. The van der Waals surface area contributed by atoms with Crippen molar-refractivity contribution in [3.63, 3.8) is 0 Å². The predicted octanol–water partition coefficient (Wildman–Crippen LogP) is 4.09. The minimum Gasteiger partial charge on any atom is -0.450 e. The van der Waals surface area contributed by atoms with Gasteiger partial charge in [0.15, 0.2) is 0 Å². The van der Waals surface area contributed by atoms with E-state index >= 15 is 0 Å². The molecule has 0 unspecified atom stereocenters. The van der Waals surface area contributed by atoms with Crippen LogP contribution in [0.3, 0.4) is 0 Å². The molecule has 0 aliphatic carbocycles. The topological polar surface area (TPSA) is 73.5 Å². The van der Waals surface area contributed by atoms with Gasteiger partial charge in [0.05, 0.1) is 24.2 Å². The van der Waals surface area contributed by atoms with E-state index in [4.69, 9.17) is 4.74 Å². The van der Waals surface area contributed by atoms with E-state index in [-0.39, 0.29) is 17.3 Å². The number of hydrogen-bond donors (Lipinski definition) is 0. The summed E-state index contributed by atoms with van der Waals surface area (Å²) in [6, 6.07) is 7.61. The Kier molecular flexibility index (Phi) is 6.50. The SMILES string of the molecule is CCCCn1c(=O)n(-c2ccc(CC)cc2)c(=O)c2c3c(sc21)CN(C(=O)OCC)CC3. The molecule has 8 heteroatoms. The lowest BCUT2D eigenvalue weighted by molar-refractivity contribution is 0.103. The Hall–Kier alpha value is -2.87. The molecule has 2 aromatic heterocycles. The van der Waals surface area contributed by atoms with Gasteiger partial charge < -0.3 is 9.64 Å². The van der Waals surface area contributed by atoms with Crippen LogP contribution in [0.4, 0.5) is 4.79 Å². The highest BCUT2D eigenvalue weighted by atomic mass is 32.1. The predicted molar refractivity (Wildman–Crippen MR) is 127 cm³/mol. The monoisotopic (exact) mass is 455 g/mol. The van der Waals surface area contributed by atoms with Crippen LogP contribution in [0.25, 0.3) is 15.9 Å². The van der Waals surface area contributed by atoms with Crippen molar-refractivity contribution in [2.24, 2.45) is 0 Å². The molecule has 0 saturated heterocycles. The smallest absolute Gasteiger partial charge is 0.410 e. The third-order valence-corrected chi connectivity index (χ3v) is 7.23. The van der Waals surface area contributed by atoms with E-state index in [0.29, 0.717) is 48.6 Å². The lowest BCUT2D eigenvalue weighted by Crippen LogP contribution is -2.39. The minimum atomic E-state index is -0.340. The summed E-state index contributed by atoms with van der Waals surface area (Å²) in [6.45, 7) is 7.72. The molecule has 0 bridgehead atoms. The van der Waals surface area contributed by atoms with Crippen LogP contribution in [-0.4, -0.2) is 33.3 Å². The lowest BCUT2D eigenvalue weighted by Gasteiger charge is -2.25. The Morgan fingerprint density at radius 1 is 1.12 bits per heavy atom. The van der Waals surface area contributed by atoms with Crippen molar-refractivity contribution in [3.05, 3.63) is 61.1 Å². The number of rotatable bonds is 6. The van der Waals surface area contributed by atoms with Gasteiger partial charge in [0, 0.05) is 18.0 Å². The molecule has 0 saturated carbocycles. The highest BCUT2D eigenvalue weighted by Crippen LogP contribution is 2.33. The zero-order valence-electron chi connectivity index (χ0n) is 18.8. The van der Waals surface area contributed by atoms with Gasteiger partial charge in [-0.1, -0.05) is 32.4 Å². The number of amides is 1. The van der Waals surface area contributed by atoms with E-state index in [1.54, 1.807) is 16.4 Å². The van der Waals surface area contributed by atoms with Crippen LogP contribution in [0.2, 0.25) is 0 Å². The Balaban J connectivity index is 1.90. The molecule has 170 valence electrons. The summed E-state index contributed by atoms with van der Waals surface area (Å²) in [4.78, 5) is 42.7. The zero-order chi connectivity index (χ0) is 22.8. The van der Waals surface area contributed by atoms with Gasteiger partial charge in [-0.15, -0.1) is 11.3 Å². The van der Waals surface area contributed by atoms with Gasteiger partial charge in [-0.05, 0) is 49.4 Å². The number of thiophene rings is 1. The molecule has 7 nitrogen and oxygen atoms in total. The van der Waals surface area contributed by atoms with Crippen molar-refractivity contribution in [2.45, 2.75) is 59.5 Å². The van der Waals surface area contributed by atoms with Gasteiger partial charge in [-0.2, -0.15) is 0 Å². The number of ether oxygens (including phenoxy) is 1. The molecule has 0 atom stereocenters. The summed E-state index contributed by atoms with van der Waals surface area (Å²) in [6.07, 6.45) is 2.92. The first kappa shape index (κ1) is 22.3. The van der Waals surface area contributed by atoms with Crippen molar-refractivity contribution < 1.29 is 9.53 Å². The molecule has 32 heavy (non-hydrogen) atoms. The first-order valence-corrected chi connectivity index (χ1v) is 12.1. The number of carbonyl (C=O) groups is 1. The maximum Gasteiger partial charge on any atom is 0.410 e. The average molecular weight is 456 g/mol. The molecule has 1 aliphatic rings. The fourth-order valence-corrected chi connectivity index (χ4v) is 5.57. The van der Waals surface area contributed by atoms with Gasteiger partial charge in [-0.3, -0.25) is 9.36 Å². The van der Waals surface area contributed by atoms with E-state index in [1.165, 1.54) is 15.9 Å².